The normalized spacial score (nSPS) is 11.0. The van der Waals surface area contributed by atoms with Crippen molar-refractivity contribution in [3.63, 3.8) is 0 Å². The van der Waals surface area contributed by atoms with Gasteiger partial charge in [0.05, 0.1) is 12.2 Å². The lowest BCUT2D eigenvalue weighted by Gasteiger charge is -2.02. The van der Waals surface area contributed by atoms with Crippen LogP contribution in [0, 0.1) is 23.5 Å². The molecule has 1 heterocycles. The van der Waals surface area contributed by atoms with E-state index in [4.69, 9.17) is 0 Å². The number of halogens is 4. The van der Waals surface area contributed by atoms with Gasteiger partial charge in [-0.25, -0.2) is 13.6 Å². The van der Waals surface area contributed by atoms with Gasteiger partial charge in [0.2, 0.25) is 0 Å². The fourth-order valence-corrected chi connectivity index (χ4v) is 1.17. The van der Waals surface area contributed by atoms with Gasteiger partial charge in [-0.2, -0.15) is 13.8 Å². The molecule has 3 nitrogen and oxygen atoms in total. The highest BCUT2D eigenvalue weighted by Gasteiger charge is 2.18. The molecule has 0 atom stereocenters. The third kappa shape index (κ3) is 4.04. The van der Waals surface area contributed by atoms with Gasteiger partial charge < -0.3 is 4.74 Å². The summed E-state index contributed by atoms with van der Waals surface area (Å²) in [5.41, 5.74) is -1.02. The minimum absolute atomic E-state index is 0.156. The summed E-state index contributed by atoms with van der Waals surface area (Å²) < 4.78 is 56.5. The first-order chi connectivity index (χ1) is 8.97. The molecule has 0 aliphatic rings. The number of nitrogens with zero attached hydrogens (tertiary/aromatic N) is 1. The molecule has 1 rings (SSSR count). The Labute approximate surface area is 106 Å². The number of pyridine rings is 1. The number of carbonyl (C=O) groups is 1. The number of esters is 1. The Hall–Kier alpha value is -1.92. The molecule has 0 aliphatic heterocycles. The molecule has 0 amide bonds. The smallest absolute Gasteiger partial charge is 0.330 e. The van der Waals surface area contributed by atoms with Crippen LogP contribution >= 0.6 is 0 Å². The average molecular weight is 277 g/mol. The zero-order valence-corrected chi connectivity index (χ0v) is 10.1. The van der Waals surface area contributed by atoms with E-state index >= 15 is 0 Å². The van der Waals surface area contributed by atoms with Gasteiger partial charge in [0.15, 0.2) is 11.6 Å². The third-order valence-corrected chi connectivity index (χ3v) is 2.16. The van der Waals surface area contributed by atoms with E-state index in [2.05, 4.69) is 9.72 Å². The van der Waals surface area contributed by atoms with E-state index in [9.17, 15) is 22.4 Å². The molecular formula is C12H11F4NO2. The van der Waals surface area contributed by atoms with Gasteiger partial charge in [-0.15, -0.1) is 0 Å². The number of unbranched alkanes of at least 4 members (excludes halogenated alkanes) is 1. The maximum Gasteiger partial charge on any atom is 0.330 e. The van der Waals surface area contributed by atoms with Crippen molar-refractivity contribution in [3.8, 4) is 0 Å². The topological polar surface area (TPSA) is 39.2 Å². The summed E-state index contributed by atoms with van der Waals surface area (Å²) in [6, 6.07) is 0. The fraction of sp³-hybridized carbons (Fsp3) is 0.333. The highest BCUT2D eigenvalue weighted by atomic mass is 19.2. The summed E-state index contributed by atoms with van der Waals surface area (Å²) in [6.45, 7) is 2.04. The van der Waals surface area contributed by atoms with Gasteiger partial charge in [-0.05, 0) is 12.5 Å². The maximum absolute atomic E-state index is 13.2. The minimum atomic E-state index is -1.78. The molecule has 0 fully saturated rings. The molecule has 0 unspecified atom stereocenters. The van der Waals surface area contributed by atoms with Crippen LogP contribution in [0.4, 0.5) is 17.6 Å². The van der Waals surface area contributed by atoms with Gasteiger partial charge >= 0.3 is 5.97 Å². The highest BCUT2D eigenvalue weighted by Crippen LogP contribution is 2.18. The Bertz CT molecular complexity index is 477. The number of rotatable bonds is 5. The molecule has 0 aromatic carbocycles. The van der Waals surface area contributed by atoms with E-state index in [0.29, 0.717) is 18.6 Å². The van der Waals surface area contributed by atoms with Gasteiger partial charge in [0.1, 0.15) is 0 Å². The van der Waals surface area contributed by atoms with Crippen LogP contribution < -0.4 is 0 Å². The number of hydrogen-bond acceptors (Lipinski definition) is 3. The second-order valence-electron chi connectivity index (χ2n) is 3.59. The maximum atomic E-state index is 13.2. The predicted molar refractivity (Wildman–Crippen MR) is 59.0 cm³/mol. The number of aromatic nitrogens is 1. The molecule has 1 aromatic rings. The van der Waals surface area contributed by atoms with Crippen LogP contribution in [0.25, 0.3) is 6.08 Å². The van der Waals surface area contributed by atoms with E-state index in [-0.39, 0.29) is 6.61 Å². The molecule has 0 aliphatic carbocycles. The van der Waals surface area contributed by atoms with E-state index in [1.54, 1.807) is 0 Å². The van der Waals surface area contributed by atoms with Gasteiger partial charge in [-0.3, -0.25) is 0 Å². The number of ether oxygens (including phenoxy) is 1. The van der Waals surface area contributed by atoms with Crippen LogP contribution in [-0.4, -0.2) is 17.6 Å². The molecule has 19 heavy (non-hydrogen) atoms. The van der Waals surface area contributed by atoms with Crippen LogP contribution in [0.2, 0.25) is 0 Å². The van der Waals surface area contributed by atoms with Crippen molar-refractivity contribution in [2.75, 3.05) is 6.61 Å². The zero-order chi connectivity index (χ0) is 14.4. The Morgan fingerprint density at radius 2 is 1.79 bits per heavy atom. The molecule has 1 aromatic heterocycles. The standard InChI is InChI=1S/C12H11F4NO2/c1-2-3-6-19-8(18)5-4-7-9(13)11(15)17-12(16)10(7)14/h4-5H,2-3,6H2,1H3/b5-4+. The van der Waals surface area contributed by atoms with E-state index in [1.165, 1.54) is 0 Å². The number of carbonyl (C=O) groups excluding carboxylic acids is 1. The van der Waals surface area contributed by atoms with Gasteiger partial charge in [0, 0.05) is 6.08 Å². The summed E-state index contributed by atoms with van der Waals surface area (Å²) in [4.78, 5) is 13.5. The Morgan fingerprint density at radius 1 is 1.21 bits per heavy atom. The summed E-state index contributed by atoms with van der Waals surface area (Å²) >= 11 is 0. The Kier molecular flexibility index (Phi) is 5.47. The molecule has 0 spiro atoms. The first-order valence-electron chi connectivity index (χ1n) is 5.52. The second-order valence-corrected chi connectivity index (χ2v) is 3.59. The molecule has 0 bridgehead atoms. The van der Waals surface area contributed by atoms with E-state index in [0.717, 1.165) is 6.42 Å². The van der Waals surface area contributed by atoms with E-state index < -0.39 is 35.1 Å². The van der Waals surface area contributed by atoms with Crippen molar-refractivity contribution in [2.24, 2.45) is 0 Å². The first kappa shape index (κ1) is 15.1. The van der Waals surface area contributed by atoms with Crippen molar-refractivity contribution in [1.82, 2.24) is 4.98 Å². The Balaban J connectivity index is 2.84. The lowest BCUT2D eigenvalue weighted by atomic mass is 10.2. The monoisotopic (exact) mass is 277 g/mol. The van der Waals surface area contributed by atoms with Crippen LogP contribution in [-0.2, 0) is 9.53 Å². The van der Waals surface area contributed by atoms with Gasteiger partial charge in [0.25, 0.3) is 11.9 Å². The summed E-state index contributed by atoms with van der Waals surface area (Å²) in [7, 11) is 0. The molecule has 104 valence electrons. The molecule has 0 N–H and O–H groups in total. The first-order valence-corrected chi connectivity index (χ1v) is 5.52. The van der Waals surface area contributed by atoms with Crippen LogP contribution in [0.15, 0.2) is 6.08 Å². The van der Waals surface area contributed by atoms with Crippen molar-refractivity contribution in [2.45, 2.75) is 19.8 Å². The highest BCUT2D eigenvalue weighted by molar-refractivity contribution is 5.87. The SMILES string of the molecule is CCCCOC(=O)/C=C/c1c(F)c(F)nc(F)c1F. The zero-order valence-electron chi connectivity index (χ0n) is 10.1. The van der Waals surface area contributed by atoms with Gasteiger partial charge in [-0.1, -0.05) is 13.3 Å². The van der Waals surface area contributed by atoms with Crippen molar-refractivity contribution in [3.05, 3.63) is 35.2 Å². The Morgan fingerprint density at radius 3 is 2.32 bits per heavy atom. The summed E-state index contributed by atoms with van der Waals surface area (Å²) in [5.74, 6) is -7.76. The average Bonchev–Trinajstić information content (AvgIpc) is 2.37. The van der Waals surface area contributed by atoms with Crippen molar-refractivity contribution >= 4 is 12.0 Å². The second kappa shape index (κ2) is 6.86. The van der Waals surface area contributed by atoms with E-state index in [1.807, 2.05) is 6.92 Å². The molecule has 0 radical (unpaired) electrons. The third-order valence-electron chi connectivity index (χ3n) is 2.16. The summed E-state index contributed by atoms with van der Waals surface area (Å²) in [5, 5.41) is 0. The van der Waals surface area contributed by atoms with Crippen LogP contribution in [0.5, 0.6) is 0 Å². The molecule has 0 saturated heterocycles. The predicted octanol–water partition coefficient (Wildman–Crippen LogP) is 2.99. The summed E-state index contributed by atoms with van der Waals surface area (Å²) in [6.07, 6.45) is 2.74. The van der Waals surface area contributed by atoms with Crippen molar-refractivity contribution < 1.29 is 27.1 Å². The number of hydrogen-bond donors (Lipinski definition) is 0. The van der Waals surface area contributed by atoms with Crippen LogP contribution in [0.3, 0.4) is 0 Å². The molecule has 7 heteroatoms. The minimum Gasteiger partial charge on any atom is -0.463 e. The quantitative estimate of drug-likeness (QED) is 0.273. The lowest BCUT2D eigenvalue weighted by Crippen LogP contribution is -2.04. The largest absolute Gasteiger partial charge is 0.463 e. The molecular weight excluding hydrogens is 266 g/mol. The molecule has 0 saturated carbocycles. The lowest BCUT2D eigenvalue weighted by molar-refractivity contribution is -0.137. The van der Waals surface area contributed by atoms with Crippen molar-refractivity contribution in [1.29, 1.82) is 0 Å². The fourth-order valence-electron chi connectivity index (χ4n) is 1.17. The van der Waals surface area contributed by atoms with Crippen LogP contribution in [0.1, 0.15) is 25.3 Å².